The molecule has 0 aromatic carbocycles. The normalized spacial score (nSPS) is 35.4. The number of rotatable bonds is 6. The van der Waals surface area contributed by atoms with Gasteiger partial charge in [0.2, 0.25) is 11.8 Å². The van der Waals surface area contributed by atoms with Crippen LogP contribution in [0.25, 0.3) is 0 Å². The first-order valence-corrected chi connectivity index (χ1v) is 10.0. The molecule has 2 saturated heterocycles. The summed E-state index contributed by atoms with van der Waals surface area (Å²) in [7, 11) is 0. The summed E-state index contributed by atoms with van der Waals surface area (Å²) in [5.74, 6) is 1.14. The van der Waals surface area contributed by atoms with Gasteiger partial charge in [0.1, 0.15) is 12.2 Å². The number of carbonyl (C=O) groups excluding carboxylic acids is 2. The SMILES string of the molecule is O=C(CCC1CCCCC1)N[C@H]1CO[C@H]2[C@@H]1OC[C@@H]2NC(=O)C1CC1. The van der Waals surface area contributed by atoms with Gasteiger partial charge in [0.25, 0.3) is 0 Å². The van der Waals surface area contributed by atoms with Gasteiger partial charge in [0.15, 0.2) is 0 Å². The molecule has 6 heteroatoms. The van der Waals surface area contributed by atoms with Crippen molar-refractivity contribution in [2.45, 2.75) is 82.1 Å². The molecule has 2 aliphatic carbocycles. The molecule has 4 fully saturated rings. The smallest absolute Gasteiger partial charge is 0.223 e. The van der Waals surface area contributed by atoms with Crippen molar-refractivity contribution in [3.63, 3.8) is 0 Å². The maximum absolute atomic E-state index is 12.3. The highest BCUT2D eigenvalue weighted by molar-refractivity contribution is 5.81. The molecule has 2 N–H and O–H groups in total. The number of nitrogens with one attached hydrogen (secondary N) is 2. The maximum atomic E-state index is 12.3. The van der Waals surface area contributed by atoms with Crippen LogP contribution in [0.15, 0.2) is 0 Å². The Morgan fingerprint density at radius 1 is 0.840 bits per heavy atom. The lowest BCUT2D eigenvalue weighted by Gasteiger charge is -2.22. The Kier molecular flexibility index (Phi) is 5.27. The van der Waals surface area contributed by atoms with E-state index in [1.54, 1.807) is 0 Å². The van der Waals surface area contributed by atoms with Crippen molar-refractivity contribution >= 4 is 11.8 Å². The zero-order valence-corrected chi connectivity index (χ0v) is 14.9. The molecule has 4 atom stereocenters. The van der Waals surface area contributed by atoms with Crippen molar-refractivity contribution in [3.05, 3.63) is 0 Å². The van der Waals surface area contributed by atoms with Gasteiger partial charge >= 0.3 is 0 Å². The van der Waals surface area contributed by atoms with E-state index in [0.717, 1.165) is 25.2 Å². The Morgan fingerprint density at radius 3 is 2.12 bits per heavy atom. The number of fused-ring (bicyclic) bond motifs is 1. The topological polar surface area (TPSA) is 76.7 Å². The molecule has 25 heavy (non-hydrogen) atoms. The molecule has 0 aromatic rings. The molecule has 0 aromatic heterocycles. The fourth-order valence-corrected chi connectivity index (χ4v) is 4.48. The highest BCUT2D eigenvalue weighted by atomic mass is 16.6. The molecule has 2 amide bonds. The maximum Gasteiger partial charge on any atom is 0.223 e. The third kappa shape index (κ3) is 4.17. The van der Waals surface area contributed by atoms with Gasteiger partial charge in [0.05, 0.1) is 25.3 Å². The molecular formula is C19H30N2O4. The highest BCUT2D eigenvalue weighted by Crippen LogP contribution is 2.32. The number of carbonyl (C=O) groups is 2. The van der Waals surface area contributed by atoms with Gasteiger partial charge in [0, 0.05) is 12.3 Å². The summed E-state index contributed by atoms with van der Waals surface area (Å²) < 4.78 is 11.7. The fraction of sp³-hybridized carbons (Fsp3) is 0.895. The van der Waals surface area contributed by atoms with Crippen LogP contribution in [0.1, 0.15) is 57.8 Å². The van der Waals surface area contributed by atoms with E-state index >= 15 is 0 Å². The Morgan fingerprint density at radius 2 is 1.48 bits per heavy atom. The van der Waals surface area contributed by atoms with Crippen LogP contribution in [-0.2, 0) is 19.1 Å². The summed E-state index contributed by atoms with van der Waals surface area (Å²) in [4.78, 5) is 24.2. The van der Waals surface area contributed by atoms with Crippen molar-refractivity contribution in [1.29, 1.82) is 0 Å². The van der Waals surface area contributed by atoms with Crippen LogP contribution in [-0.4, -0.2) is 49.3 Å². The molecule has 2 aliphatic heterocycles. The van der Waals surface area contributed by atoms with Gasteiger partial charge < -0.3 is 20.1 Å². The van der Waals surface area contributed by atoms with Crippen LogP contribution in [0.3, 0.4) is 0 Å². The van der Waals surface area contributed by atoms with Gasteiger partial charge in [-0.3, -0.25) is 9.59 Å². The molecular weight excluding hydrogens is 320 g/mol. The van der Waals surface area contributed by atoms with Crippen molar-refractivity contribution < 1.29 is 19.1 Å². The van der Waals surface area contributed by atoms with Crippen molar-refractivity contribution in [1.82, 2.24) is 10.6 Å². The van der Waals surface area contributed by atoms with Gasteiger partial charge in [-0.1, -0.05) is 32.1 Å². The van der Waals surface area contributed by atoms with E-state index in [2.05, 4.69) is 10.6 Å². The first-order valence-electron chi connectivity index (χ1n) is 10.0. The number of ether oxygens (including phenoxy) is 2. The average molecular weight is 350 g/mol. The molecule has 2 heterocycles. The average Bonchev–Trinajstić information content (AvgIpc) is 3.30. The molecule has 6 nitrogen and oxygen atoms in total. The van der Waals surface area contributed by atoms with Crippen molar-refractivity contribution in [2.24, 2.45) is 11.8 Å². The number of hydrogen-bond donors (Lipinski definition) is 2. The predicted molar refractivity (Wildman–Crippen MR) is 91.9 cm³/mol. The van der Waals surface area contributed by atoms with E-state index in [-0.39, 0.29) is 42.0 Å². The summed E-state index contributed by atoms with van der Waals surface area (Å²) in [6.07, 6.45) is 9.83. The van der Waals surface area contributed by atoms with Crippen LogP contribution in [0.4, 0.5) is 0 Å². The van der Waals surface area contributed by atoms with E-state index in [1.165, 1.54) is 32.1 Å². The van der Waals surface area contributed by atoms with E-state index in [9.17, 15) is 9.59 Å². The lowest BCUT2D eigenvalue weighted by molar-refractivity contribution is -0.123. The molecule has 0 spiro atoms. The minimum atomic E-state index is -0.136. The van der Waals surface area contributed by atoms with Crippen molar-refractivity contribution in [2.75, 3.05) is 13.2 Å². The Bertz CT molecular complexity index is 502. The number of hydrogen-bond acceptors (Lipinski definition) is 4. The lowest BCUT2D eigenvalue weighted by atomic mass is 9.86. The summed E-state index contributed by atoms with van der Waals surface area (Å²) >= 11 is 0. The molecule has 4 aliphatic rings. The second-order valence-electron chi connectivity index (χ2n) is 8.20. The third-order valence-electron chi connectivity index (χ3n) is 6.18. The minimum Gasteiger partial charge on any atom is -0.371 e. The number of amides is 2. The molecule has 2 saturated carbocycles. The molecule has 0 unspecified atom stereocenters. The summed E-state index contributed by atoms with van der Waals surface area (Å²) in [5.41, 5.74) is 0. The monoisotopic (exact) mass is 350 g/mol. The van der Waals surface area contributed by atoms with E-state index in [0.29, 0.717) is 19.6 Å². The molecule has 0 bridgehead atoms. The zero-order valence-electron chi connectivity index (χ0n) is 14.9. The summed E-state index contributed by atoms with van der Waals surface area (Å²) in [6.45, 7) is 0.947. The Balaban J connectivity index is 1.21. The second-order valence-corrected chi connectivity index (χ2v) is 8.20. The van der Waals surface area contributed by atoms with Gasteiger partial charge in [-0.15, -0.1) is 0 Å². The zero-order chi connectivity index (χ0) is 17.2. The summed E-state index contributed by atoms with van der Waals surface area (Å²) in [5, 5.41) is 6.15. The van der Waals surface area contributed by atoms with Crippen LogP contribution in [0.5, 0.6) is 0 Å². The molecule has 140 valence electrons. The van der Waals surface area contributed by atoms with Gasteiger partial charge in [-0.25, -0.2) is 0 Å². The molecule has 0 radical (unpaired) electrons. The van der Waals surface area contributed by atoms with Gasteiger partial charge in [-0.05, 0) is 25.2 Å². The van der Waals surface area contributed by atoms with Crippen LogP contribution in [0, 0.1) is 11.8 Å². The minimum absolute atomic E-state index is 0.0813. The predicted octanol–water partition coefficient (Wildman–Crippen LogP) is 1.52. The van der Waals surface area contributed by atoms with E-state index < -0.39 is 0 Å². The first kappa shape index (κ1) is 17.3. The lowest BCUT2D eigenvalue weighted by Crippen LogP contribution is -2.47. The van der Waals surface area contributed by atoms with Gasteiger partial charge in [-0.2, -0.15) is 0 Å². The highest BCUT2D eigenvalue weighted by Gasteiger charge is 2.49. The summed E-state index contributed by atoms with van der Waals surface area (Å²) in [6, 6.07) is -0.172. The van der Waals surface area contributed by atoms with Crippen LogP contribution < -0.4 is 10.6 Å². The largest absolute Gasteiger partial charge is 0.371 e. The van der Waals surface area contributed by atoms with Crippen LogP contribution in [0.2, 0.25) is 0 Å². The Hall–Kier alpha value is -1.14. The van der Waals surface area contributed by atoms with E-state index in [1.807, 2.05) is 0 Å². The second kappa shape index (κ2) is 7.62. The quantitative estimate of drug-likeness (QED) is 0.762. The first-order chi connectivity index (χ1) is 12.2. The van der Waals surface area contributed by atoms with Crippen molar-refractivity contribution in [3.8, 4) is 0 Å². The standard InChI is InChI=1S/C19H30N2O4/c22-16(9-6-12-4-2-1-3-5-12)20-14-10-24-18-15(11-25-17(14)18)21-19(23)13-7-8-13/h12-15,17-18H,1-11H2,(H,20,22)(H,21,23)/t14-,15-,17+,18+/m0/s1. The third-order valence-corrected chi connectivity index (χ3v) is 6.18. The Labute approximate surface area is 149 Å². The van der Waals surface area contributed by atoms with E-state index in [4.69, 9.17) is 9.47 Å². The fourth-order valence-electron chi connectivity index (χ4n) is 4.48. The molecule has 4 rings (SSSR count). The van der Waals surface area contributed by atoms with Crippen LogP contribution >= 0.6 is 0 Å².